The van der Waals surface area contributed by atoms with E-state index in [1.807, 2.05) is 13.0 Å². The van der Waals surface area contributed by atoms with Crippen LogP contribution in [0, 0.1) is 12.1 Å². The Morgan fingerprint density at radius 1 is 1.26 bits per heavy atom. The van der Waals surface area contributed by atoms with Crippen LogP contribution in [0.15, 0.2) is 36.7 Å². The third-order valence-electron chi connectivity index (χ3n) is 2.39. The normalized spacial score (nSPS) is 10.2. The molecule has 0 atom stereocenters. The monoisotopic (exact) mass is 277 g/mol. The highest BCUT2D eigenvalue weighted by atomic mass is 32.1. The molecule has 2 rings (SSSR count). The van der Waals surface area contributed by atoms with Gasteiger partial charge < -0.3 is 9.94 Å². The van der Waals surface area contributed by atoms with Crippen LogP contribution in [-0.4, -0.2) is 18.4 Å². The summed E-state index contributed by atoms with van der Waals surface area (Å²) < 4.78 is 5.47. The molecular weight excluding hydrogens is 266 g/mol. The number of aromatic nitrogens is 1. The number of rotatable bonds is 4. The number of pyridine rings is 1. The topological polar surface area (TPSA) is 70.3 Å². The van der Waals surface area contributed by atoms with Crippen LogP contribution >= 0.6 is 11.3 Å². The zero-order valence-electron chi connectivity index (χ0n) is 10.2. The molecule has 98 valence electrons. The van der Waals surface area contributed by atoms with Gasteiger partial charge in [0, 0.05) is 17.0 Å². The molecule has 0 aromatic carbocycles. The average molecular weight is 277 g/mol. The Hall–Kier alpha value is -2.21. The molecule has 0 radical (unpaired) electrons. The fourth-order valence-corrected chi connectivity index (χ4v) is 2.21. The second kappa shape index (κ2) is 5.62. The molecule has 0 amide bonds. The van der Waals surface area contributed by atoms with Crippen molar-refractivity contribution in [2.24, 2.45) is 0 Å². The summed E-state index contributed by atoms with van der Waals surface area (Å²) in [6, 6.07) is 6.23. The number of thiophene rings is 1. The van der Waals surface area contributed by atoms with E-state index in [0.717, 1.165) is 4.88 Å². The van der Waals surface area contributed by atoms with Crippen molar-refractivity contribution in [2.75, 3.05) is 6.61 Å². The molecule has 0 saturated carbocycles. The molecule has 19 heavy (non-hydrogen) atoms. The number of hydrogen-bond acceptors (Lipinski definition) is 5. The van der Waals surface area contributed by atoms with E-state index in [-0.39, 0.29) is 18.0 Å². The Labute approximate surface area is 113 Å². The summed E-state index contributed by atoms with van der Waals surface area (Å²) in [7, 11) is 0. The maximum absolute atomic E-state index is 11.7. The summed E-state index contributed by atoms with van der Waals surface area (Å²) in [6.07, 6.45) is 2.39. The van der Waals surface area contributed by atoms with E-state index < -0.39 is 5.97 Å². The number of hydrogen-bond donors (Lipinski definition) is 0. The van der Waals surface area contributed by atoms with Gasteiger partial charge in [-0.1, -0.05) is 0 Å². The van der Waals surface area contributed by atoms with Crippen molar-refractivity contribution in [2.45, 2.75) is 6.92 Å². The van der Waals surface area contributed by atoms with Crippen molar-refractivity contribution in [1.82, 2.24) is 0 Å². The fourth-order valence-electron chi connectivity index (χ4n) is 1.42. The van der Waals surface area contributed by atoms with E-state index in [4.69, 9.17) is 4.74 Å². The minimum atomic E-state index is -0.623. The molecule has 2 heterocycles. The molecular formula is C13H11NO4S. The van der Waals surface area contributed by atoms with Crippen LogP contribution in [0.25, 0.3) is 0 Å². The lowest BCUT2D eigenvalue weighted by atomic mass is 10.3. The lowest BCUT2D eigenvalue weighted by Crippen LogP contribution is -2.24. The summed E-state index contributed by atoms with van der Waals surface area (Å²) in [5.41, 5.74) is 0.238. The van der Waals surface area contributed by atoms with E-state index in [1.165, 1.54) is 35.9 Å². The minimum Gasteiger partial charge on any atom is -0.619 e. The number of carbonyl (C=O) groups is 2. The van der Waals surface area contributed by atoms with Crippen LogP contribution in [0.2, 0.25) is 0 Å². The molecule has 0 spiro atoms. The third-order valence-corrected chi connectivity index (χ3v) is 3.43. The molecule has 5 nitrogen and oxygen atoms in total. The summed E-state index contributed by atoms with van der Waals surface area (Å²) in [4.78, 5) is 24.9. The lowest BCUT2D eigenvalue weighted by molar-refractivity contribution is -0.605. The van der Waals surface area contributed by atoms with Crippen LogP contribution in [0.3, 0.4) is 0 Å². The van der Waals surface area contributed by atoms with Gasteiger partial charge in [0.2, 0.25) is 5.78 Å². The summed E-state index contributed by atoms with van der Waals surface area (Å²) in [5, 5.41) is 10.8. The molecule has 2 aromatic rings. The average Bonchev–Trinajstić information content (AvgIpc) is 2.83. The van der Waals surface area contributed by atoms with Crippen molar-refractivity contribution in [3.8, 4) is 0 Å². The second-order valence-electron chi connectivity index (χ2n) is 3.86. The number of carbonyl (C=O) groups excluding carboxylic acids is 2. The van der Waals surface area contributed by atoms with Crippen molar-refractivity contribution in [1.29, 1.82) is 0 Å². The Morgan fingerprint density at radius 3 is 2.53 bits per heavy atom. The number of esters is 1. The number of ketones is 1. The smallest absolute Gasteiger partial charge is 0.339 e. The highest BCUT2D eigenvalue weighted by Crippen LogP contribution is 2.15. The first kappa shape index (κ1) is 13.2. The molecule has 0 bridgehead atoms. The van der Waals surface area contributed by atoms with Crippen LogP contribution in [0.5, 0.6) is 0 Å². The van der Waals surface area contributed by atoms with E-state index in [1.54, 1.807) is 6.07 Å². The van der Waals surface area contributed by atoms with Gasteiger partial charge in [0.05, 0.1) is 10.4 Å². The highest BCUT2D eigenvalue weighted by Gasteiger charge is 2.13. The number of Topliss-reactive ketones (excluding diaryl/α,β-unsaturated/α-hetero) is 1. The molecule has 0 fully saturated rings. The first-order valence-electron chi connectivity index (χ1n) is 5.52. The van der Waals surface area contributed by atoms with E-state index in [2.05, 4.69) is 0 Å². The lowest BCUT2D eigenvalue weighted by Gasteiger charge is -2.03. The Morgan fingerprint density at radius 2 is 1.95 bits per heavy atom. The Balaban J connectivity index is 1.93. The molecule has 0 aliphatic carbocycles. The molecule has 0 saturated heterocycles. The molecule has 0 N–H and O–H groups in total. The molecule has 0 unspecified atom stereocenters. The van der Waals surface area contributed by atoms with Crippen LogP contribution in [0.1, 0.15) is 24.9 Å². The first-order valence-corrected chi connectivity index (χ1v) is 6.33. The third kappa shape index (κ3) is 3.38. The maximum Gasteiger partial charge on any atom is 0.339 e. The van der Waals surface area contributed by atoms with Gasteiger partial charge in [0.25, 0.3) is 0 Å². The molecule has 6 heteroatoms. The van der Waals surface area contributed by atoms with E-state index in [9.17, 15) is 14.8 Å². The molecule has 2 aromatic heterocycles. The standard InChI is InChI=1S/C13H11NO4S/c1-9-2-3-12(19-9)11(15)8-18-13(16)10-4-6-14(17)7-5-10/h2-7H,8H2,1H3. The predicted octanol–water partition coefficient (Wildman–Crippen LogP) is 1.73. The van der Waals surface area contributed by atoms with Gasteiger partial charge in [-0.15, -0.1) is 11.3 Å². The molecule has 0 aliphatic heterocycles. The van der Waals surface area contributed by atoms with Gasteiger partial charge in [-0.25, -0.2) is 4.79 Å². The van der Waals surface area contributed by atoms with Crippen molar-refractivity contribution >= 4 is 23.1 Å². The van der Waals surface area contributed by atoms with Crippen LogP contribution < -0.4 is 4.73 Å². The highest BCUT2D eigenvalue weighted by molar-refractivity contribution is 7.14. The van der Waals surface area contributed by atoms with Gasteiger partial charge >= 0.3 is 5.97 Å². The molecule has 0 aliphatic rings. The van der Waals surface area contributed by atoms with Crippen molar-refractivity contribution in [3.05, 3.63) is 57.2 Å². The number of aryl methyl sites for hydroxylation is 1. The second-order valence-corrected chi connectivity index (χ2v) is 5.14. The zero-order valence-corrected chi connectivity index (χ0v) is 11.0. The number of nitrogens with zero attached hydrogens (tertiary/aromatic N) is 1. The minimum absolute atomic E-state index is 0.235. The Bertz CT molecular complexity index is 603. The van der Waals surface area contributed by atoms with Crippen LogP contribution in [-0.2, 0) is 4.74 Å². The van der Waals surface area contributed by atoms with Crippen molar-refractivity contribution < 1.29 is 19.1 Å². The summed E-state index contributed by atoms with van der Waals surface area (Å²) in [5.74, 6) is -0.858. The zero-order chi connectivity index (χ0) is 13.8. The SMILES string of the molecule is Cc1ccc(C(=O)COC(=O)c2cc[n+]([O-])cc2)s1. The van der Waals surface area contributed by atoms with Crippen LogP contribution in [0.4, 0.5) is 0 Å². The van der Waals surface area contributed by atoms with Gasteiger partial charge in [-0.05, 0) is 19.1 Å². The maximum atomic E-state index is 11.7. The summed E-state index contributed by atoms with van der Waals surface area (Å²) in [6.45, 7) is 1.60. The van der Waals surface area contributed by atoms with Gasteiger partial charge in [-0.3, -0.25) is 4.79 Å². The first-order chi connectivity index (χ1) is 9.06. The number of ether oxygens (including phenoxy) is 1. The van der Waals surface area contributed by atoms with Crippen molar-refractivity contribution in [3.63, 3.8) is 0 Å². The van der Waals surface area contributed by atoms with Gasteiger partial charge in [0.15, 0.2) is 19.0 Å². The Kier molecular flexibility index (Phi) is 3.91. The van der Waals surface area contributed by atoms with Gasteiger partial charge in [0.1, 0.15) is 0 Å². The van der Waals surface area contributed by atoms with Gasteiger partial charge in [-0.2, -0.15) is 4.73 Å². The van der Waals surface area contributed by atoms with E-state index >= 15 is 0 Å². The summed E-state index contributed by atoms with van der Waals surface area (Å²) >= 11 is 1.36. The largest absolute Gasteiger partial charge is 0.619 e. The predicted molar refractivity (Wildman–Crippen MR) is 69.1 cm³/mol. The van der Waals surface area contributed by atoms with E-state index in [0.29, 0.717) is 9.61 Å². The fraction of sp³-hybridized carbons (Fsp3) is 0.154. The quantitative estimate of drug-likeness (QED) is 0.369.